The second-order valence-corrected chi connectivity index (χ2v) is 32.8. The number of benzene rings is 21. The Balaban J connectivity index is 0.000000128. The fourth-order valence-corrected chi connectivity index (χ4v) is 19.5. The third kappa shape index (κ3) is 10.9. The SMILES string of the molecule is [2H]c1c([2H])c([2H])c2c(oc3c([2H])c([2H])c(-c4c5c([2H])c([2H])c([2H])c([2H])c5c(-c5ccc6c(c5)-c5ccccc5C6(C)C)c5c([2H])c([2H])c([2H])c([2H])c45)c([2H])c32)c1[2H].[2H]c1c([2H])c([2H])c2c(oc3c([2H])c([2H])c(-c4c5c([2H])c([2H])c([2H])c([2H])c5c(-c5ccc6c(c5)C(C)(C)c5ccccc5-6)c5c([2H])c([2H])c([2H])c([2H])c45)c([2H])c32)c1[2H].[2H]c1c([2H])c([2H])c2c(oc3c([2H])c([2H])c(-c4c5c([2H])c([2H])c([2H])c([2H])c5c(-c5cccc6c5-c5ccccc5C6(C)C)c5c([2H])c([2H])c([2H])c([2H])c45)c([2H])c32)c1[2H]. The first-order valence-corrected chi connectivity index (χ1v) is 40.4. The number of fused-ring (bicyclic) bond motifs is 24. The molecule has 0 bridgehead atoms. The molecule has 0 N–H and O–H groups in total. The van der Waals surface area contributed by atoms with Gasteiger partial charge in [0.25, 0.3) is 0 Å². The second-order valence-electron chi connectivity index (χ2n) is 32.8. The van der Waals surface area contributed by atoms with Crippen LogP contribution in [0.25, 0.3) is 231 Å². The van der Waals surface area contributed by atoms with Crippen LogP contribution >= 0.6 is 0 Å². The van der Waals surface area contributed by atoms with Crippen LogP contribution in [0.4, 0.5) is 0 Å². The van der Waals surface area contributed by atoms with Crippen molar-refractivity contribution in [3.05, 3.63) is 433 Å². The van der Waals surface area contributed by atoms with Crippen LogP contribution in [-0.2, 0) is 16.2 Å². The van der Waals surface area contributed by atoms with Crippen LogP contribution in [0.3, 0.4) is 0 Å². The summed E-state index contributed by atoms with van der Waals surface area (Å²) in [5.41, 5.74) is 6.71. The van der Waals surface area contributed by atoms with Gasteiger partial charge in [-0.1, -0.05) is 374 Å². The average Bonchev–Trinajstić information content (AvgIpc) is 1.68. The van der Waals surface area contributed by atoms with Gasteiger partial charge in [-0.3, -0.25) is 0 Å². The molecule has 0 saturated carbocycles. The number of hydrogen-bond acceptors (Lipinski definition) is 3. The van der Waals surface area contributed by atoms with Crippen molar-refractivity contribution in [3.8, 4) is 100 Å². The van der Waals surface area contributed by atoms with Gasteiger partial charge in [-0.15, -0.1) is 0 Å². The Morgan fingerprint density at radius 1 is 0.175 bits per heavy atom. The van der Waals surface area contributed by atoms with Crippen LogP contribution < -0.4 is 0 Å². The molecule has 0 saturated heterocycles. The highest BCUT2D eigenvalue weighted by Gasteiger charge is 2.40. The average molecular weight is 1660 g/mol. The minimum absolute atomic E-state index is 0.0841. The van der Waals surface area contributed by atoms with Gasteiger partial charge in [0.15, 0.2) is 0 Å². The smallest absolute Gasteiger partial charge is 0.135 e. The van der Waals surface area contributed by atoms with Crippen molar-refractivity contribution < 1.29 is 74.9 Å². The first-order chi connectivity index (χ1) is 80.5. The Kier molecular flexibility index (Phi) is 9.08. The topological polar surface area (TPSA) is 39.4 Å². The molecule has 0 unspecified atom stereocenters. The summed E-state index contributed by atoms with van der Waals surface area (Å²) in [6.07, 6.45) is 0. The molecule has 594 valence electrons. The Morgan fingerprint density at radius 2 is 0.437 bits per heavy atom. The minimum Gasteiger partial charge on any atom is -0.456 e. The van der Waals surface area contributed by atoms with Crippen molar-refractivity contribution in [2.24, 2.45) is 0 Å². The predicted octanol–water partition coefficient (Wildman–Crippen LogP) is 34.6. The zero-order valence-corrected chi connectivity index (χ0v) is 67.3. The molecule has 0 amide bonds. The van der Waals surface area contributed by atoms with Crippen molar-refractivity contribution in [3.63, 3.8) is 0 Å². The maximum absolute atomic E-state index is 9.64. The molecule has 3 heteroatoms. The molecule has 0 spiro atoms. The van der Waals surface area contributed by atoms with Gasteiger partial charge in [0, 0.05) is 48.6 Å². The van der Waals surface area contributed by atoms with Crippen LogP contribution in [0.15, 0.2) is 413 Å². The number of rotatable bonds is 6. The predicted molar refractivity (Wildman–Crippen MR) is 532 cm³/mol. The van der Waals surface area contributed by atoms with E-state index < -0.39 is 305 Å². The Morgan fingerprint density at radius 3 is 0.833 bits per heavy atom. The largest absolute Gasteiger partial charge is 0.456 e. The van der Waals surface area contributed by atoms with Gasteiger partial charge in [0.2, 0.25) is 0 Å². The maximum atomic E-state index is 9.64. The number of hydrogen-bond donors (Lipinski definition) is 0. The molecule has 3 aromatic heterocycles. The highest BCUT2D eigenvalue weighted by atomic mass is 16.3. The van der Waals surface area contributed by atoms with E-state index in [2.05, 4.69) is 41.5 Å². The van der Waals surface area contributed by atoms with Gasteiger partial charge in [0.1, 0.15) is 33.5 Å². The Labute approximate surface area is 793 Å². The van der Waals surface area contributed by atoms with Crippen LogP contribution in [-0.4, -0.2) is 0 Å². The normalized spacial score (nSPS) is 18.7. The zero-order valence-electron chi connectivity index (χ0n) is 112. The molecular formula is C123H84O3. The van der Waals surface area contributed by atoms with E-state index >= 15 is 0 Å². The molecule has 0 atom stereocenters. The lowest BCUT2D eigenvalue weighted by atomic mass is 9.80. The molecule has 3 heterocycles. The van der Waals surface area contributed by atoms with Crippen LogP contribution in [0.5, 0.6) is 0 Å². The highest BCUT2D eigenvalue weighted by molar-refractivity contribution is 6.27. The fraction of sp³-hybridized carbons (Fsp3) is 0.0732. The van der Waals surface area contributed by atoms with E-state index in [9.17, 15) is 24.7 Å². The monoisotopic (exact) mass is 1650 g/mol. The first kappa shape index (κ1) is 41.2. The molecule has 3 aliphatic carbocycles. The van der Waals surface area contributed by atoms with Crippen molar-refractivity contribution >= 4 is 130 Å². The van der Waals surface area contributed by atoms with Gasteiger partial charge in [0.05, 0.1) is 61.7 Å². The molecule has 3 aliphatic rings. The highest BCUT2D eigenvalue weighted by Crippen LogP contribution is 2.58. The van der Waals surface area contributed by atoms with Gasteiger partial charge in [-0.25, -0.2) is 0 Å². The van der Waals surface area contributed by atoms with Crippen LogP contribution in [0.2, 0.25) is 0 Å². The van der Waals surface area contributed by atoms with E-state index in [0.717, 1.165) is 61.2 Å². The maximum Gasteiger partial charge on any atom is 0.135 e. The standard InChI is InChI=1S/3C41H28O/c1-41(2)34-19-9-7-17-31(34)40-32(18-11-20-35(40)41)39-29-15-5-3-13-27(29)38(28-14-4-6-16-30(28)39)25-22-23-37-33(24-25)26-12-8-10-21-36(26)42-37;1-41(2)35-17-9-7-11-27(35)28-21-19-26(24-36(28)41)40-32-15-5-3-13-30(32)39(31-14-4-6-16-33(31)40)25-20-22-38-34(23-25)29-12-8-10-18-37(29)42-38;1-41(2)35-17-9-7-11-27(35)33-23-25(19-21-36(33)41)39-29-13-3-5-15-31(29)40(32-16-6-4-14-30(32)39)26-20-22-38-34(24-26)28-12-8-10-18-37(28)42-38/h3*3-24H,1-2H3/i3D,4D,5D,6D,8D,10D,12D,13D,14D,15D,16D,21D,22D,23D,24D;3D,4D,5D,6D,8D,10D,12D,13D,14D,15D,16D,18D,20D,22D,23D;3D,4D,5D,6D,8D,10D,12D,13D,14D,15D,16D,18D,20D,22D,24D. The third-order valence-corrected chi connectivity index (χ3v) is 25.2. The summed E-state index contributed by atoms with van der Waals surface area (Å²) >= 11 is 0. The molecule has 21 aromatic carbocycles. The first-order valence-electron chi connectivity index (χ1n) is 62.9. The summed E-state index contributed by atoms with van der Waals surface area (Å²) in [5.74, 6) is 0. The summed E-state index contributed by atoms with van der Waals surface area (Å²) in [4.78, 5) is 0. The summed E-state index contributed by atoms with van der Waals surface area (Å²) in [5, 5.41) is -3.87. The van der Waals surface area contributed by atoms with Gasteiger partial charge < -0.3 is 13.3 Å². The van der Waals surface area contributed by atoms with E-state index in [0.29, 0.717) is 22.3 Å². The van der Waals surface area contributed by atoms with Crippen molar-refractivity contribution in [1.29, 1.82) is 0 Å². The lowest BCUT2D eigenvalue weighted by Crippen LogP contribution is -2.14. The number of furan rings is 3. The lowest BCUT2D eigenvalue weighted by molar-refractivity contribution is 0.660. The molecule has 24 aromatic rings. The fourth-order valence-electron chi connectivity index (χ4n) is 19.5. The minimum atomic E-state index is -0.687. The number of para-hydroxylation sites is 3. The van der Waals surface area contributed by atoms with Crippen molar-refractivity contribution in [2.45, 2.75) is 57.8 Å². The van der Waals surface area contributed by atoms with Gasteiger partial charge in [-0.2, -0.15) is 0 Å². The van der Waals surface area contributed by atoms with Crippen LogP contribution in [0, 0.1) is 0 Å². The molecule has 0 fully saturated rings. The molecule has 0 aliphatic heterocycles. The summed E-state index contributed by atoms with van der Waals surface area (Å²) < 4.78 is 421. The second kappa shape index (κ2) is 27.8. The molecule has 3 nitrogen and oxygen atoms in total. The van der Waals surface area contributed by atoms with Crippen molar-refractivity contribution in [2.75, 3.05) is 0 Å². The Hall–Kier alpha value is -15.4. The zero-order chi connectivity index (χ0) is 123. The van der Waals surface area contributed by atoms with Crippen LogP contribution in [0.1, 0.15) is 137 Å². The Bertz CT molecular complexity index is 11400. The molecular weight excluding hydrogens is 1530 g/mol. The van der Waals surface area contributed by atoms with E-state index in [-0.39, 0.29) is 164 Å². The molecule has 0 radical (unpaired) electrons. The van der Waals surface area contributed by atoms with Gasteiger partial charge in [-0.05, 0) is 265 Å². The van der Waals surface area contributed by atoms with E-state index in [1.165, 1.54) is 0 Å². The molecule has 126 heavy (non-hydrogen) atoms. The molecule has 27 rings (SSSR count). The summed E-state index contributed by atoms with van der Waals surface area (Å²) in [6, 6.07) is 12.3. The quantitative estimate of drug-likeness (QED) is 0.156. The lowest BCUT2D eigenvalue weighted by Gasteiger charge is -2.23. The van der Waals surface area contributed by atoms with E-state index in [1.54, 1.807) is 24.3 Å². The van der Waals surface area contributed by atoms with Gasteiger partial charge >= 0.3 is 0 Å². The summed E-state index contributed by atoms with van der Waals surface area (Å²) in [7, 11) is 0. The van der Waals surface area contributed by atoms with Crippen molar-refractivity contribution in [1.82, 2.24) is 0 Å². The van der Waals surface area contributed by atoms with E-state index in [1.807, 2.05) is 103 Å². The third-order valence-electron chi connectivity index (χ3n) is 25.2. The summed E-state index contributed by atoms with van der Waals surface area (Å²) in [6.45, 7) is 12.4. The van der Waals surface area contributed by atoms with E-state index in [4.69, 9.17) is 50.3 Å².